The fraction of sp³-hybridized carbons (Fsp3) is 0.529. The number of rotatable bonds is 4. The van der Waals surface area contributed by atoms with Crippen molar-refractivity contribution < 1.29 is 23.6 Å². The molecule has 1 aliphatic rings. The molecule has 0 saturated carbocycles. The summed E-state index contributed by atoms with van der Waals surface area (Å²) in [4.78, 5) is 51.0. The van der Waals surface area contributed by atoms with Gasteiger partial charge in [0.2, 0.25) is 5.91 Å². The van der Waals surface area contributed by atoms with Gasteiger partial charge in [-0.05, 0) is 26.8 Å². The van der Waals surface area contributed by atoms with Crippen molar-refractivity contribution >= 4 is 23.6 Å². The first-order chi connectivity index (χ1) is 12.3. The van der Waals surface area contributed by atoms with Gasteiger partial charge in [-0.2, -0.15) is 0 Å². The number of nitrogens with one attached hydrogen (secondary N) is 2. The Kier molecular flexibility index (Phi) is 6.37. The van der Waals surface area contributed by atoms with Crippen LogP contribution in [0.15, 0.2) is 16.7 Å². The summed E-state index contributed by atoms with van der Waals surface area (Å²) in [5, 5.41) is 5.12. The summed E-state index contributed by atoms with van der Waals surface area (Å²) in [5.41, 5.74) is 0.393. The number of hydrogen-bond donors (Lipinski definition) is 2. The first kappa shape index (κ1) is 19.5. The van der Waals surface area contributed by atoms with Gasteiger partial charge in [0.25, 0.3) is 5.91 Å². The molecule has 9 heteroatoms. The van der Waals surface area contributed by atoms with Crippen molar-refractivity contribution in [2.45, 2.75) is 26.8 Å². The lowest BCUT2D eigenvalue weighted by atomic mass is 10.2. The van der Waals surface area contributed by atoms with E-state index in [9.17, 15) is 19.2 Å². The molecule has 1 aromatic rings. The second-order valence-corrected chi connectivity index (χ2v) is 6.37. The largest absolute Gasteiger partial charge is 0.469 e. The van der Waals surface area contributed by atoms with Gasteiger partial charge < -0.3 is 24.9 Å². The lowest BCUT2D eigenvalue weighted by Crippen LogP contribution is -2.55. The lowest BCUT2D eigenvalue weighted by molar-refractivity contribution is -0.148. The normalized spacial score (nSPS) is 14.3. The van der Waals surface area contributed by atoms with E-state index >= 15 is 0 Å². The average Bonchev–Trinajstić information content (AvgIpc) is 3.04. The van der Waals surface area contributed by atoms with Gasteiger partial charge in [0.05, 0.1) is 18.4 Å². The average molecular weight is 364 g/mol. The monoisotopic (exact) mass is 364 g/mol. The van der Waals surface area contributed by atoms with Crippen LogP contribution in [-0.4, -0.2) is 72.2 Å². The zero-order valence-electron chi connectivity index (χ0n) is 15.2. The molecular weight excluding hydrogens is 340 g/mol. The van der Waals surface area contributed by atoms with Crippen LogP contribution in [0.25, 0.3) is 0 Å². The molecule has 0 spiro atoms. The zero-order valence-corrected chi connectivity index (χ0v) is 15.2. The van der Waals surface area contributed by atoms with Crippen LogP contribution < -0.4 is 10.6 Å². The molecule has 0 atom stereocenters. The molecule has 1 aliphatic heterocycles. The molecule has 0 unspecified atom stereocenters. The van der Waals surface area contributed by atoms with Crippen LogP contribution in [0.4, 0.5) is 0 Å². The van der Waals surface area contributed by atoms with E-state index < -0.39 is 11.8 Å². The van der Waals surface area contributed by atoms with E-state index in [1.54, 1.807) is 31.7 Å². The Morgan fingerprint density at radius 1 is 1.12 bits per heavy atom. The molecule has 9 nitrogen and oxygen atoms in total. The van der Waals surface area contributed by atoms with Gasteiger partial charge in [-0.15, -0.1) is 0 Å². The number of carbonyl (C=O) groups excluding carboxylic acids is 4. The highest BCUT2D eigenvalue weighted by Gasteiger charge is 2.28. The fourth-order valence-corrected chi connectivity index (χ4v) is 2.61. The van der Waals surface area contributed by atoms with Crippen LogP contribution in [0, 0.1) is 6.92 Å². The van der Waals surface area contributed by atoms with Crippen molar-refractivity contribution in [2.75, 3.05) is 32.7 Å². The maximum absolute atomic E-state index is 12.2. The van der Waals surface area contributed by atoms with E-state index in [1.807, 2.05) is 0 Å². The summed E-state index contributed by atoms with van der Waals surface area (Å²) in [6, 6.07) is 1.43. The van der Waals surface area contributed by atoms with Crippen LogP contribution in [0.1, 0.15) is 30.0 Å². The Labute approximate surface area is 151 Å². The number of furan rings is 1. The highest BCUT2D eigenvalue weighted by molar-refractivity contribution is 6.35. The van der Waals surface area contributed by atoms with Crippen LogP contribution in [0.5, 0.6) is 0 Å². The van der Waals surface area contributed by atoms with Crippen molar-refractivity contribution in [1.82, 2.24) is 20.4 Å². The molecule has 2 N–H and O–H groups in total. The molecule has 2 rings (SSSR count). The number of piperazine rings is 1. The van der Waals surface area contributed by atoms with Crippen molar-refractivity contribution in [3.05, 3.63) is 23.7 Å². The summed E-state index contributed by atoms with van der Waals surface area (Å²) in [5.74, 6) is -1.35. The molecule has 0 aliphatic carbocycles. The van der Waals surface area contributed by atoms with E-state index in [0.717, 1.165) is 0 Å². The van der Waals surface area contributed by atoms with Crippen LogP contribution in [0.3, 0.4) is 0 Å². The van der Waals surface area contributed by atoms with Gasteiger partial charge in [0.1, 0.15) is 5.76 Å². The van der Waals surface area contributed by atoms with Gasteiger partial charge in [-0.25, -0.2) is 0 Å². The van der Waals surface area contributed by atoms with E-state index in [-0.39, 0.29) is 37.5 Å². The number of carbonyl (C=O) groups is 4. The van der Waals surface area contributed by atoms with Gasteiger partial charge in [0.15, 0.2) is 0 Å². The van der Waals surface area contributed by atoms with Gasteiger partial charge >= 0.3 is 11.8 Å². The minimum atomic E-state index is -0.637. The van der Waals surface area contributed by atoms with E-state index in [2.05, 4.69) is 10.6 Å². The molecule has 1 aromatic heterocycles. The minimum Gasteiger partial charge on any atom is -0.469 e. The van der Waals surface area contributed by atoms with Crippen LogP contribution >= 0.6 is 0 Å². The summed E-state index contributed by atoms with van der Waals surface area (Å²) >= 11 is 0. The van der Waals surface area contributed by atoms with Crippen molar-refractivity contribution in [3.63, 3.8) is 0 Å². The molecule has 1 saturated heterocycles. The Hall–Kier alpha value is -2.84. The molecule has 1 fully saturated rings. The SMILES string of the molecule is Cc1occc1C(=O)NCC(=O)N1CCN(C(=O)C(=O)NC(C)C)CC1. The standard InChI is InChI=1S/C17H24N4O5/c1-11(2)19-16(24)17(25)21-7-5-20(6-8-21)14(22)10-18-15(23)13-4-9-26-12(13)3/h4,9,11H,5-8,10H2,1-3H3,(H,18,23)(H,19,24). The second-order valence-electron chi connectivity index (χ2n) is 6.37. The minimum absolute atomic E-state index is 0.114. The number of nitrogens with zero attached hydrogens (tertiary/aromatic N) is 2. The molecule has 26 heavy (non-hydrogen) atoms. The summed E-state index contributed by atoms with van der Waals surface area (Å²) in [6.45, 7) is 6.30. The van der Waals surface area contributed by atoms with Gasteiger partial charge in [-0.1, -0.05) is 0 Å². The van der Waals surface area contributed by atoms with Crippen LogP contribution in [0.2, 0.25) is 0 Å². The van der Waals surface area contributed by atoms with Crippen molar-refractivity contribution in [1.29, 1.82) is 0 Å². The molecule has 142 valence electrons. The van der Waals surface area contributed by atoms with E-state index in [1.165, 1.54) is 11.2 Å². The van der Waals surface area contributed by atoms with Gasteiger partial charge in [-0.3, -0.25) is 19.2 Å². The number of amides is 4. The topological polar surface area (TPSA) is 112 Å². The molecule has 2 heterocycles. The molecular formula is C17H24N4O5. The maximum Gasteiger partial charge on any atom is 0.312 e. The first-order valence-corrected chi connectivity index (χ1v) is 8.49. The summed E-state index contributed by atoms with van der Waals surface area (Å²) in [7, 11) is 0. The highest BCUT2D eigenvalue weighted by Crippen LogP contribution is 2.08. The number of aryl methyl sites for hydroxylation is 1. The predicted octanol–water partition coefficient (Wildman–Crippen LogP) is -0.487. The zero-order chi connectivity index (χ0) is 19.3. The lowest BCUT2D eigenvalue weighted by Gasteiger charge is -2.34. The smallest absolute Gasteiger partial charge is 0.312 e. The Morgan fingerprint density at radius 2 is 1.73 bits per heavy atom. The Balaban J connectivity index is 1.77. The third kappa shape index (κ3) is 4.84. The fourth-order valence-electron chi connectivity index (χ4n) is 2.61. The Morgan fingerprint density at radius 3 is 2.27 bits per heavy atom. The molecule has 4 amide bonds. The van der Waals surface area contributed by atoms with Crippen molar-refractivity contribution in [3.8, 4) is 0 Å². The quantitative estimate of drug-likeness (QED) is 0.701. The third-order valence-electron chi connectivity index (χ3n) is 4.04. The number of hydrogen-bond acceptors (Lipinski definition) is 5. The van der Waals surface area contributed by atoms with Crippen molar-refractivity contribution in [2.24, 2.45) is 0 Å². The predicted molar refractivity (Wildman–Crippen MR) is 92.2 cm³/mol. The Bertz CT molecular complexity index is 689. The van der Waals surface area contributed by atoms with E-state index in [4.69, 9.17) is 4.42 Å². The van der Waals surface area contributed by atoms with Crippen LogP contribution in [-0.2, 0) is 14.4 Å². The highest BCUT2D eigenvalue weighted by atomic mass is 16.3. The first-order valence-electron chi connectivity index (χ1n) is 8.49. The van der Waals surface area contributed by atoms with E-state index in [0.29, 0.717) is 24.4 Å². The molecule has 0 bridgehead atoms. The second kappa shape index (κ2) is 8.50. The summed E-state index contributed by atoms with van der Waals surface area (Å²) in [6.07, 6.45) is 1.41. The molecule has 0 aromatic carbocycles. The maximum atomic E-state index is 12.2. The summed E-state index contributed by atoms with van der Waals surface area (Å²) < 4.78 is 5.06. The third-order valence-corrected chi connectivity index (χ3v) is 4.04. The van der Waals surface area contributed by atoms with Gasteiger partial charge in [0, 0.05) is 32.2 Å². The molecule has 0 radical (unpaired) electrons.